The fourth-order valence-corrected chi connectivity index (χ4v) is 2.81. The van der Waals surface area contributed by atoms with Gasteiger partial charge >= 0.3 is 0 Å². The Morgan fingerprint density at radius 2 is 2.05 bits per heavy atom. The van der Waals surface area contributed by atoms with E-state index in [9.17, 15) is 4.79 Å². The van der Waals surface area contributed by atoms with Gasteiger partial charge in [-0.05, 0) is 19.4 Å². The number of para-hydroxylation sites is 1. The monoisotopic (exact) mass is 274 g/mol. The van der Waals surface area contributed by atoms with E-state index in [4.69, 9.17) is 15.2 Å². The molecule has 0 spiro atoms. The Bertz CT molecular complexity index is 642. The van der Waals surface area contributed by atoms with Crippen LogP contribution in [0.1, 0.15) is 35.7 Å². The predicted molar refractivity (Wildman–Crippen MR) is 75.4 cm³/mol. The Hall–Kier alpha value is -1.85. The molecule has 1 aromatic heterocycles. The zero-order valence-corrected chi connectivity index (χ0v) is 11.5. The molecule has 2 aromatic rings. The molecule has 20 heavy (non-hydrogen) atoms. The van der Waals surface area contributed by atoms with Crippen molar-refractivity contribution in [2.75, 3.05) is 13.2 Å². The van der Waals surface area contributed by atoms with Crippen molar-refractivity contribution in [1.82, 2.24) is 4.57 Å². The van der Waals surface area contributed by atoms with Crippen molar-refractivity contribution < 1.29 is 14.3 Å². The number of ether oxygens (including phenoxy) is 2. The average Bonchev–Trinajstić information content (AvgIpc) is 2.82. The number of carbonyl (C=O) groups excluding carboxylic acids is 1. The molecule has 5 nitrogen and oxygen atoms in total. The zero-order chi connectivity index (χ0) is 14.1. The van der Waals surface area contributed by atoms with Crippen molar-refractivity contribution in [1.29, 1.82) is 0 Å². The lowest BCUT2D eigenvalue weighted by atomic mass is 10.1. The molecule has 1 fully saturated rings. The Balaban J connectivity index is 2.26. The number of rotatable bonds is 3. The van der Waals surface area contributed by atoms with Crippen molar-refractivity contribution >= 4 is 16.8 Å². The van der Waals surface area contributed by atoms with Crippen LogP contribution in [0.15, 0.2) is 24.3 Å². The molecule has 0 bridgehead atoms. The van der Waals surface area contributed by atoms with E-state index in [2.05, 4.69) is 0 Å². The number of hydrogen-bond donors (Lipinski definition) is 1. The smallest absolute Gasteiger partial charge is 0.251 e. The molecule has 1 aliphatic heterocycles. The fourth-order valence-electron chi connectivity index (χ4n) is 2.81. The van der Waals surface area contributed by atoms with Crippen molar-refractivity contribution in [3.05, 3.63) is 35.5 Å². The van der Waals surface area contributed by atoms with Crippen LogP contribution in [0.4, 0.5) is 0 Å². The first-order chi connectivity index (χ1) is 9.74. The number of hydrogen-bond acceptors (Lipinski definition) is 3. The Morgan fingerprint density at radius 1 is 1.35 bits per heavy atom. The molecule has 1 aliphatic rings. The molecule has 2 N–H and O–H groups in total. The van der Waals surface area contributed by atoms with Crippen molar-refractivity contribution in [2.45, 2.75) is 26.2 Å². The maximum atomic E-state index is 11.9. The van der Waals surface area contributed by atoms with Crippen molar-refractivity contribution in [3.8, 4) is 0 Å². The number of aromatic nitrogens is 1. The number of aryl methyl sites for hydroxylation is 1. The van der Waals surface area contributed by atoms with Gasteiger partial charge in [-0.2, -0.15) is 0 Å². The summed E-state index contributed by atoms with van der Waals surface area (Å²) in [5.41, 5.74) is 7.82. The second kappa shape index (κ2) is 5.26. The van der Waals surface area contributed by atoms with Gasteiger partial charge in [0.25, 0.3) is 5.91 Å². The van der Waals surface area contributed by atoms with Crippen LogP contribution in [0, 0.1) is 0 Å². The van der Waals surface area contributed by atoms with Crippen LogP contribution in [-0.4, -0.2) is 23.7 Å². The van der Waals surface area contributed by atoms with Gasteiger partial charge < -0.3 is 19.8 Å². The summed E-state index contributed by atoms with van der Waals surface area (Å²) >= 11 is 0. The summed E-state index contributed by atoms with van der Waals surface area (Å²) in [5.74, 6) is -0.443. The maximum Gasteiger partial charge on any atom is 0.251 e. The van der Waals surface area contributed by atoms with Crippen LogP contribution in [-0.2, 0) is 16.0 Å². The van der Waals surface area contributed by atoms with Gasteiger partial charge in [0.2, 0.25) is 0 Å². The van der Waals surface area contributed by atoms with E-state index in [0.29, 0.717) is 18.8 Å². The molecule has 1 amide bonds. The molecule has 5 heteroatoms. The minimum Gasteiger partial charge on any atom is -0.366 e. The largest absolute Gasteiger partial charge is 0.366 e. The van der Waals surface area contributed by atoms with Gasteiger partial charge in [0.15, 0.2) is 6.29 Å². The summed E-state index contributed by atoms with van der Waals surface area (Å²) in [5, 5.41) is 0.856. The predicted octanol–water partition coefficient (Wildman–Crippen LogP) is 2.20. The van der Waals surface area contributed by atoms with Gasteiger partial charge in [-0.25, -0.2) is 0 Å². The molecular weight excluding hydrogens is 256 g/mol. The van der Waals surface area contributed by atoms with E-state index in [1.165, 1.54) is 0 Å². The lowest BCUT2D eigenvalue weighted by Crippen LogP contribution is -2.24. The highest BCUT2D eigenvalue weighted by Crippen LogP contribution is 2.33. The minimum absolute atomic E-state index is 0.443. The number of amides is 1. The van der Waals surface area contributed by atoms with Crippen LogP contribution < -0.4 is 5.73 Å². The highest BCUT2D eigenvalue weighted by molar-refractivity contribution is 6.07. The van der Waals surface area contributed by atoms with E-state index >= 15 is 0 Å². The standard InChI is InChI=1S/C15H18N2O3/c1-2-17-11-7-4-3-6-10(11)12(14(16)18)13(17)15-19-8-5-9-20-15/h3-4,6-7,15H,2,5,8-9H2,1H3,(H2,16,18). The molecule has 0 radical (unpaired) electrons. The molecule has 3 rings (SSSR count). The second-order valence-electron chi connectivity index (χ2n) is 4.81. The number of benzene rings is 1. The molecule has 0 saturated carbocycles. The summed E-state index contributed by atoms with van der Waals surface area (Å²) < 4.78 is 13.4. The van der Waals surface area contributed by atoms with Crippen molar-refractivity contribution in [3.63, 3.8) is 0 Å². The van der Waals surface area contributed by atoms with Crippen LogP contribution in [0.2, 0.25) is 0 Å². The lowest BCUT2D eigenvalue weighted by molar-refractivity contribution is -0.186. The number of nitrogens with zero attached hydrogens (tertiary/aromatic N) is 1. The molecule has 0 aliphatic carbocycles. The van der Waals surface area contributed by atoms with E-state index in [1.54, 1.807) is 0 Å². The first-order valence-corrected chi connectivity index (χ1v) is 6.88. The third-order valence-electron chi connectivity index (χ3n) is 3.62. The van der Waals surface area contributed by atoms with Gasteiger partial charge in [-0.3, -0.25) is 4.79 Å². The van der Waals surface area contributed by atoms with E-state index < -0.39 is 12.2 Å². The zero-order valence-electron chi connectivity index (χ0n) is 11.5. The summed E-state index contributed by atoms with van der Waals surface area (Å²) in [6, 6.07) is 7.75. The molecule has 1 aromatic carbocycles. The molecular formula is C15H18N2O3. The molecule has 106 valence electrons. The number of nitrogens with two attached hydrogens (primary N) is 1. The molecule has 2 heterocycles. The summed E-state index contributed by atoms with van der Waals surface area (Å²) in [6.07, 6.45) is 0.355. The summed E-state index contributed by atoms with van der Waals surface area (Å²) in [6.45, 7) is 4.03. The van der Waals surface area contributed by atoms with Gasteiger partial charge in [0.1, 0.15) is 0 Å². The number of fused-ring (bicyclic) bond motifs is 1. The van der Waals surface area contributed by atoms with Crippen LogP contribution in [0.25, 0.3) is 10.9 Å². The Morgan fingerprint density at radius 3 is 2.70 bits per heavy atom. The number of primary amides is 1. The first-order valence-electron chi connectivity index (χ1n) is 6.88. The second-order valence-corrected chi connectivity index (χ2v) is 4.81. The quantitative estimate of drug-likeness (QED) is 0.933. The van der Waals surface area contributed by atoms with Crippen molar-refractivity contribution in [2.24, 2.45) is 5.73 Å². The van der Waals surface area contributed by atoms with E-state index in [0.717, 1.165) is 29.6 Å². The van der Waals surface area contributed by atoms with Gasteiger partial charge in [0.05, 0.1) is 24.5 Å². The molecule has 1 saturated heterocycles. The topological polar surface area (TPSA) is 66.5 Å². The van der Waals surface area contributed by atoms with Crippen LogP contribution >= 0.6 is 0 Å². The first kappa shape index (κ1) is 13.1. The SMILES string of the molecule is CCn1c(C2OCCCO2)c(C(N)=O)c2ccccc21. The normalized spacial score (nSPS) is 16.6. The summed E-state index contributed by atoms with van der Waals surface area (Å²) in [4.78, 5) is 11.9. The van der Waals surface area contributed by atoms with Crippen LogP contribution in [0.5, 0.6) is 0 Å². The minimum atomic E-state index is -0.515. The average molecular weight is 274 g/mol. The lowest BCUT2D eigenvalue weighted by Gasteiger charge is -2.25. The van der Waals surface area contributed by atoms with Gasteiger partial charge in [-0.15, -0.1) is 0 Å². The summed E-state index contributed by atoms with van der Waals surface area (Å²) in [7, 11) is 0. The Labute approximate surface area is 117 Å². The van der Waals surface area contributed by atoms with Gasteiger partial charge in [0, 0.05) is 17.4 Å². The molecule has 0 atom stereocenters. The third kappa shape index (κ3) is 1.99. The van der Waals surface area contributed by atoms with E-state index in [1.807, 2.05) is 35.8 Å². The number of carbonyl (C=O) groups is 1. The van der Waals surface area contributed by atoms with Crippen LogP contribution in [0.3, 0.4) is 0 Å². The highest BCUT2D eigenvalue weighted by atomic mass is 16.7. The fraction of sp³-hybridized carbons (Fsp3) is 0.400. The molecule has 0 unspecified atom stereocenters. The maximum absolute atomic E-state index is 11.9. The van der Waals surface area contributed by atoms with E-state index in [-0.39, 0.29) is 0 Å². The third-order valence-corrected chi connectivity index (χ3v) is 3.62. The Kier molecular flexibility index (Phi) is 3.46. The van der Waals surface area contributed by atoms with Gasteiger partial charge in [-0.1, -0.05) is 18.2 Å². The highest BCUT2D eigenvalue weighted by Gasteiger charge is 2.29.